The number of rotatable bonds is 3. The average Bonchev–Trinajstić information content (AvgIpc) is 2.94. The van der Waals surface area contributed by atoms with E-state index in [0.29, 0.717) is 31.0 Å². The van der Waals surface area contributed by atoms with Crippen LogP contribution in [0.4, 0.5) is 0 Å². The fraction of sp³-hybridized carbons (Fsp3) is 0.750. The summed E-state index contributed by atoms with van der Waals surface area (Å²) in [7, 11) is -3.70. The van der Waals surface area contributed by atoms with Crippen LogP contribution in [0, 0.1) is 19.8 Å². The van der Waals surface area contributed by atoms with Gasteiger partial charge in [0.15, 0.2) is 5.76 Å². The van der Waals surface area contributed by atoms with E-state index >= 15 is 0 Å². The van der Waals surface area contributed by atoms with Gasteiger partial charge in [-0.05, 0) is 33.6 Å². The van der Waals surface area contributed by atoms with Gasteiger partial charge in [0, 0.05) is 38.8 Å². The molecule has 2 aliphatic rings. The van der Waals surface area contributed by atoms with E-state index < -0.39 is 10.0 Å². The van der Waals surface area contributed by atoms with Gasteiger partial charge in [-0.3, -0.25) is 4.79 Å². The van der Waals surface area contributed by atoms with E-state index in [4.69, 9.17) is 4.52 Å². The zero-order valence-corrected chi connectivity index (χ0v) is 17.0. The van der Waals surface area contributed by atoms with Crippen LogP contribution in [0.3, 0.4) is 0 Å². The van der Waals surface area contributed by atoms with Crippen LogP contribution in [-0.4, -0.2) is 67.5 Å². The molecular weight excluding hydrogens is 380 g/mol. The van der Waals surface area contributed by atoms with Crippen LogP contribution < -0.4 is 5.32 Å². The molecule has 1 N–H and O–H groups in total. The van der Waals surface area contributed by atoms with Gasteiger partial charge in [0.1, 0.15) is 10.6 Å². The lowest BCUT2D eigenvalue weighted by atomic mass is 9.97. The normalized spacial score (nSPS) is 25.0. The summed E-state index contributed by atoms with van der Waals surface area (Å²) in [4.78, 5) is 14.9. The molecule has 26 heavy (non-hydrogen) atoms. The predicted octanol–water partition coefficient (Wildman–Crippen LogP) is 0.934. The number of aryl methyl sites for hydroxylation is 2. The third-order valence-corrected chi connectivity index (χ3v) is 7.19. The molecule has 2 fully saturated rings. The van der Waals surface area contributed by atoms with Gasteiger partial charge in [0.25, 0.3) is 0 Å². The fourth-order valence-corrected chi connectivity index (χ4v) is 5.55. The second kappa shape index (κ2) is 8.24. The van der Waals surface area contributed by atoms with Crippen molar-refractivity contribution in [2.24, 2.45) is 5.92 Å². The number of hydrogen-bond acceptors (Lipinski definition) is 6. The Morgan fingerprint density at radius 3 is 2.65 bits per heavy atom. The molecule has 10 heteroatoms. The molecule has 0 spiro atoms. The van der Waals surface area contributed by atoms with Gasteiger partial charge in [0.2, 0.25) is 15.9 Å². The van der Waals surface area contributed by atoms with Crippen LogP contribution in [-0.2, 0) is 14.8 Å². The number of piperazine rings is 1. The molecule has 1 unspecified atom stereocenters. The molecule has 3 heterocycles. The van der Waals surface area contributed by atoms with Gasteiger partial charge < -0.3 is 14.7 Å². The Balaban J connectivity index is 0.00000243. The van der Waals surface area contributed by atoms with Crippen molar-refractivity contribution in [3.05, 3.63) is 11.5 Å². The molecular formula is C16H27ClN4O4S. The molecule has 3 rings (SSSR count). The van der Waals surface area contributed by atoms with Crippen LogP contribution in [0.25, 0.3) is 0 Å². The van der Waals surface area contributed by atoms with Gasteiger partial charge in [-0.15, -0.1) is 12.4 Å². The molecule has 8 nitrogen and oxygen atoms in total. The van der Waals surface area contributed by atoms with Gasteiger partial charge in [-0.2, -0.15) is 4.31 Å². The first-order valence-corrected chi connectivity index (χ1v) is 10.2. The van der Waals surface area contributed by atoms with Crippen molar-refractivity contribution in [1.82, 2.24) is 19.7 Å². The van der Waals surface area contributed by atoms with Gasteiger partial charge >= 0.3 is 0 Å². The first-order chi connectivity index (χ1) is 11.8. The van der Waals surface area contributed by atoms with Crippen LogP contribution in [0.1, 0.15) is 31.2 Å². The molecule has 1 aromatic rings. The summed E-state index contributed by atoms with van der Waals surface area (Å²) in [6.07, 6.45) is 1.41. The summed E-state index contributed by atoms with van der Waals surface area (Å²) in [5.41, 5.74) is 0.363. The maximum atomic E-state index is 13.0. The van der Waals surface area contributed by atoms with E-state index in [1.165, 1.54) is 4.31 Å². The highest BCUT2D eigenvalue weighted by atomic mass is 35.5. The second-order valence-electron chi connectivity index (χ2n) is 6.94. The highest BCUT2D eigenvalue weighted by molar-refractivity contribution is 7.89. The third kappa shape index (κ3) is 3.90. The standard InChI is InChI=1S/C16H26N4O4S.ClH/c1-11-9-17-6-8-20(11)16(21)14-5-4-7-19(10-14)25(22,23)15-12(2)18-24-13(15)3;/h11,14,17H,4-10H2,1-3H3;1H/t11-,14?;/m1./s1. The average molecular weight is 407 g/mol. The number of nitrogens with one attached hydrogen (secondary N) is 1. The van der Waals surface area contributed by atoms with Gasteiger partial charge in [-0.25, -0.2) is 8.42 Å². The van der Waals surface area contributed by atoms with E-state index in [9.17, 15) is 13.2 Å². The molecule has 1 amide bonds. The Bertz CT molecular complexity index is 732. The summed E-state index contributed by atoms with van der Waals surface area (Å²) in [5.74, 6) is 0.0684. The first-order valence-electron chi connectivity index (χ1n) is 8.76. The Morgan fingerprint density at radius 2 is 2.04 bits per heavy atom. The predicted molar refractivity (Wildman–Crippen MR) is 98.8 cm³/mol. The fourth-order valence-electron chi connectivity index (χ4n) is 3.74. The number of halogens is 1. The van der Waals surface area contributed by atoms with Crippen LogP contribution in [0.5, 0.6) is 0 Å². The quantitative estimate of drug-likeness (QED) is 0.802. The monoisotopic (exact) mass is 406 g/mol. The number of amides is 1. The van der Waals surface area contributed by atoms with E-state index in [1.807, 2.05) is 11.8 Å². The number of aromatic nitrogens is 1. The van der Waals surface area contributed by atoms with Crippen molar-refractivity contribution in [3.63, 3.8) is 0 Å². The number of nitrogens with zero attached hydrogens (tertiary/aromatic N) is 3. The Labute approximate surface area is 160 Å². The smallest absolute Gasteiger partial charge is 0.248 e. The first kappa shape index (κ1) is 21.1. The van der Waals surface area contributed by atoms with E-state index in [0.717, 1.165) is 19.5 Å². The molecule has 0 radical (unpaired) electrons. The topological polar surface area (TPSA) is 95.8 Å². The Morgan fingerprint density at radius 1 is 1.31 bits per heavy atom. The summed E-state index contributed by atoms with van der Waals surface area (Å²) in [6.45, 7) is 8.12. The zero-order chi connectivity index (χ0) is 18.2. The molecule has 2 atom stereocenters. The van der Waals surface area contributed by atoms with Crippen LogP contribution in [0.15, 0.2) is 9.42 Å². The Hall–Kier alpha value is -1.16. The van der Waals surface area contributed by atoms with Gasteiger partial charge in [-0.1, -0.05) is 5.16 Å². The van der Waals surface area contributed by atoms with Crippen LogP contribution in [0.2, 0.25) is 0 Å². The third-order valence-electron chi connectivity index (χ3n) is 5.08. The molecule has 0 bridgehead atoms. The lowest BCUT2D eigenvalue weighted by Crippen LogP contribution is -2.55. The van der Waals surface area contributed by atoms with Crippen molar-refractivity contribution in [2.75, 3.05) is 32.7 Å². The van der Waals surface area contributed by atoms with Crippen molar-refractivity contribution >= 4 is 28.3 Å². The maximum absolute atomic E-state index is 13.0. The number of carbonyl (C=O) groups is 1. The molecule has 2 saturated heterocycles. The van der Waals surface area contributed by atoms with Crippen LogP contribution >= 0.6 is 12.4 Å². The number of piperidine rings is 1. The minimum atomic E-state index is -3.70. The molecule has 1 aromatic heterocycles. The van der Waals surface area contributed by atoms with E-state index in [-0.39, 0.29) is 41.7 Å². The highest BCUT2D eigenvalue weighted by Crippen LogP contribution is 2.28. The second-order valence-corrected chi connectivity index (χ2v) is 8.82. The summed E-state index contributed by atoms with van der Waals surface area (Å²) >= 11 is 0. The lowest BCUT2D eigenvalue weighted by molar-refractivity contribution is -0.139. The maximum Gasteiger partial charge on any atom is 0.248 e. The largest absolute Gasteiger partial charge is 0.360 e. The zero-order valence-electron chi connectivity index (χ0n) is 15.4. The van der Waals surface area contributed by atoms with E-state index in [1.54, 1.807) is 13.8 Å². The summed E-state index contributed by atoms with van der Waals surface area (Å²) < 4.78 is 32.4. The minimum absolute atomic E-state index is 0. The van der Waals surface area contributed by atoms with Gasteiger partial charge in [0.05, 0.1) is 5.92 Å². The summed E-state index contributed by atoms with van der Waals surface area (Å²) in [6, 6.07) is 0.135. The van der Waals surface area contributed by atoms with Crippen molar-refractivity contribution in [2.45, 2.75) is 44.6 Å². The minimum Gasteiger partial charge on any atom is -0.360 e. The molecule has 0 saturated carbocycles. The Kier molecular flexibility index (Phi) is 6.70. The summed E-state index contributed by atoms with van der Waals surface area (Å²) in [5, 5.41) is 7.02. The number of sulfonamides is 1. The van der Waals surface area contributed by atoms with Crippen molar-refractivity contribution in [3.8, 4) is 0 Å². The molecule has 2 aliphatic heterocycles. The lowest BCUT2D eigenvalue weighted by Gasteiger charge is -2.39. The number of carbonyl (C=O) groups excluding carboxylic acids is 1. The SMILES string of the molecule is Cc1noc(C)c1S(=O)(=O)N1CCCC(C(=O)N2CCNC[C@H]2C)C1.Cl. The highest BCUT2D eigenvalue weighted by Gasteiger charge is 2.38. The van der Waals surface area contributed by atoms with E-state index in [2.05, 4.69) is 10.5 Å². The van der Waals surface area contributed by atoms with Crippen molar-refractivity contribution in [1.29, 1.82) is 0 Å². The number of hydrogen-bond donors (Lipinski definition) is 1. The molecule has 0 aliphatic carbocycles. The molecule has 0 aromatic carbocycles. The van der Waals surface area contributed by atoms with Crippen molar-refractivity contribution < 1.29 is 17.7 Å². The molecule has 148 valence electrons.